The van der Waals surface area contributed by atoms with Crippen LogP contribution in [0.1, 0.15) is 10.4 Å². The van der Waals surface area contributed by atoms with Crippen molar-refractivity contribution in [2.45, 2.75) is 0 Å². The molecular weight excluding hydrogens is 234 g/mol. The molecule has 0 radical (unpaired) electrons. The summed E-state index contributed by atoms with van der Waals surface area (Å²) in [6, 6.07) is 8.18. The highest BCUT2D eigenvalue weighted by Crippen LogP contribution is 2.02. The van der Waals surface area contributed by atoms with E-state index in [-0.39, 0.29) is 0 Å². The Balaban J connectivity index is 2.63. The summed E-state index contributed by atoms with van der Waals surface area (Å²) in [5.41, 5.74) is 0.306. The Hall–Kier alpha value is -1.88. The summed E-state index contributed by atoms with van der Waals surface area (Å²) < 4.78 is 4.26. The Labute approximate surface area is 96.6 Å². The van der Waals surface area contributed by atoms with Gasteiger partial charge in [-0.2, -0.15) is 0 Å². The van der Waals surface area contributed by atoms with Crippen molar-refractivity contribution in [1.82, 2.24) is 0 Å². The number of methoxy groups -OCH3 is 1. The predicted molar refractivity (Wildman–Crippen MR) is 57.2 cm³/mol. The third kappa shape index (κ3) is 3.36. The van der Waals surface area contributed by atoms with Gasteiger partial charge in [-0.3, -0.25) is 0 Å². The van der Waals surface area contributed by atoms with Gasteiger partial charge in [0.15, 0.2) is 0 Å². The normalized spacial score (nSPS) is 10.8. The van der Waals surface area contributed by atoms with Crippen LogP contribution in [0.25, 0.3) is 0 Å². The van der Waals surface area contributed by atoms with Gasteiger partial charge in [0, 0.05) is 0 Å². The molecule has 0 unspecified atom stereocenters. The lowest BCUT2D eigenvalue weighted by Crippen LogP contribution is -2.11. The van der Waals surface area contributed by atoms with E-state index in [1.807, 2.05) is 0 Å². The van der Waals surface area contributed by atoms with Crippen molar-refractivity contribution in [3.05, 3.63) is 35.9 Å². The summed E-state index contributed by atoms with van der Waals surface area (Å²) >= 11 is 5.36. The molecule has 0 aliphatic heterocycles. The van der Waals surface area contributed by atoms with E-state index >= 15 is 0 Å². The second kappa shape index (κ2) is 5.87. The zero-order valence-corrected chi connectivity index (χ0v) is 9.10. The first kappa shape index (κ1) is 12.2. The van der Waals surface area contributed by atoms with Gasteiger partial charge in [-0.05, 0) is 12.1 Å². The summed E-state index contributed by atoms with van der Waals surface area (Å²) in [5.74, 6) is -1.58. The zero-order valence-electron chi connectivity index (χ0n) is 8.34. The van der Waals surface area contributed by atoms with Crippen molar-refractivity contribution in [1.29, 1.82) is 0 Å². The van der Waals surface area contributed by atoms with Gasteiger partial charge in [-0.15, -0.1) is 0 Å². The largest absolute Gasteiger partial charge is 0.464 e. The van der Waals surface area contributed by atoms with Crippen LogP contribution in [0, 0.1) is 0 Å². The Kier molecular flexibility index (Phi) is 4.47. The molecule has 0 aliphatic rings. The molecule has 0 aliphatic carbocycles. The molecule has 1 rings (SSSR count). The van der Waals surface area contributed by atoms with Gasteiger partial charge in [-0.1, -0.05) is 35.0 Å². The van der Waals surface area contributed by atoms with E-state index < -0.39 is 17.1 Å². The maximum atomic E-state index is 11.3. The molecule has 5 nitrogen and oxygen atoms in total. The molecule has 1 aromatic carbocycles. The van der Waals surface area contributed by atoms with Crippen LogP contribution in [0.5, 0.6) is 0 Å². The first-order valence-electron chi connectivity index (χ1n) is 4.23. The second-order valence-corrected chi connectivity index (χ2v) is 2.98. The summed E-state index contributed by atoms with van der Waals surface area (Å²) in [5, 5.41) is 2.58. The van der Waals surface area contributed by atoms with Crippen LogP contribution in [0.2, 0.25) is 0 Å². The highest BCUT2D eigenvalue weighted by molar-refractivity contribution is 6.81. The third-order valence-electron chi connectivity index (χ3n) is 1.57. The van der Waals surface area contributed by atoms with Crippen LogP contribution in [0.3, 0.4) is 0 Å². The van der Waals surface area contributed by atoms with Gasteiger partial charge in [0.05, 0.1) is 12.7 Å². The highest BCUT2D eigenvalue weighted by atomic mass is 35.5. The van der Waals surface area contributed by atoms with Crippen molar-refractivity contribution >= 4 is 28.7 Å². The zero-order chi connectivity index (χ0) is 12.0. The minimum atomic E-state index is -0.873. The number of oxime groups is 1. The average Bonchev–Trinajstić information content (AvgIpc) is 2.35. The first-order valence-corrected chi connectivity index (χ1v) is 4.61. The van der Waals surface area contributed by atoms with E-state index in [2.05, 4.69) is 14.7 Å². The van der Waals surface area contributed by atoms with E-state index in [4.69, 9.17) is 11.6 Å². The molecule has 16 heavy (non-hydrogen) atoms. The summed E-state index contributed by atoms with van der Waals surface area (Å²) in [7, 11) is 1.14. The fourth-order valence-electron chi connectivity index (χ4n) is 0.830. The minimum absolute atomic E-state index is 0.306. The number of hydrogen-bond acceptors (Lipinski definition) is 5. The fraction of sp³-hybridized carbons (Fsp3) is 0.100. The Bertz CT molecular complexity index is 416. The Morgan fingerprint density at radius 2 is 1.88 bits per heavy atom. The van der Waals surface area contributed by atoms with Gasteiger partial charge < -0.3 is 9.57 Å². The quantitative estimate of drug-likeness (QED) is 0.349. The number of halogens is 1. The van der Waals surface area contributed by atoms with E-state index in [0.29, 0.717) is 5.56 Å². The SMILES string of the molecule is COC(=O)/C(Cl)=N\OC(=O)c1ccccc1. The lowest BCUT2D eigenvalue weighted by atomic mass is 10.2. The fourth-order valence-corrected chi connectivity index (χ4v) is 0.942. The second-order valence-electron chi connectivity index (χ2n) is 2.62. The molecule has 0 saturated carbocycles. The van der Waals surface area contributed by atoms with Crippen molar-refractivity contribution in [2.24, 2.45) is 5.16 Å². The molecule has 0 fully saturated rings. The van der Waals surface area contributed by atoms with Gasteiger partial charge >= 0.3 is 11.9 Å². The molecule has 0 atom stereocenters. The maximum Gasteiger partial charge on any atom is 0.372 e. The van der Waals surface area contributed by atoms with Gasteiger partial charge in [0.2, 0.25) is 0 Å². The van der Waals surface area contributed by atoms with Crippen LogP contribution in [0.15, 0.2) is 35.5 Å². The Morgan fingerprint density at radius 1 is 1.25 bits per heavy atom. The van der Waals surface area contributed by atoms with Crippen molar-refractivity contribution in [3.63, 3.8) is 0 Å². The minimum Gasteiger partial charge on any atom is -0.464 e. The molecule has 0 spiro atoms. The molecule has 0 amide bonds. The molecule has 6 heteroatoms. The van der Waals surface area contributed by atoms with E-state index in [0.717, 1.165) is 7.11 Å². The standard InChI is InChI=1S/C10H8ClNO4/c1-15-10(14)8(11)12-16-9(13)7-5-3-2-4-6-7/h2-6H,1H3/b12-8+. The summed E-state index contributed by atoms with van der Waals surface area (Å²) in [6.07, 6.45) is 0. The molecule has 0 aromatic heterocycles. The number of nitrogens with zero attached hydrogens (tertiary/aromatic N) is 1. The van der Waals surface area contributed by atoms with E-state index in [1.54, 1.807) is 30.3 Å². The number of rotatable bonds is 3. The number of esters is 1. The molecular formula is C10H8ClNO4. The lowest BCUT2D eigenvalue weighted by Gasteiger charge is -1.98. The van der Waals surface area contributed by atoms with E-state index in [1.165, 1.54) is 0 Å². The topological polar surface area (TPSA) is 65.0 Å². The summed E-state index contributed by atoms with van der Waals surface area (Å²) in [4.78, 5) is 26.5. The number of hydrogen-bond donors (Lipinski definition) is 0. The van der Waals surface area contributed by atoms with Crippen molar-refractivity contribution in [3.8, 4) is 0 Å². The van der Waals surface area contributed by atoms with E-state index in [9.17, 15) is 9.59 Å². The number of carbonyl (C=O) groups is 2. The van der Waals surface area contributed by atoms with Crippen LogP contribution >= 0.6 is 11.6 Å². The van der Waals surface area contributed by atoms with Gasteiger partial charge in [-0.25, -0.2) is 9.59 Å². The first-order chi connectivity index (χ1) is 7.65. The molecule has 1 aromatic rings. The number of benzene rings is 1. The van der Waals surface area contributed by atoms with Crippen molar-refractivity contribution < 1.29 is 19.2 Å². The van der Waals surface area contributed by atoms with Crippen LogP contribution in [-0.4, -0.2) is 24.2 Å². The van der Waals surface area contributed by atoms with Crippen LogP contribution in [-0.2, 0) is 14.4 Å². The van der Waals surface area contributed by atoms with Gasteiger partial charge in [0.1, 0.15) is 0 Å². The smallest absolute Gasteiger partial charge is 0.372 e. The average molecular weight is 242 g/mol. The number of ether oxygens (including phenoxy) is 1. The highest BCUT2D eigenvalue weighted by Gasteiger charge is 2.11. The molecule has 84 valence electrons. The number of carbonyl (C=O) groups excluding carboxylic acids is 2. The Morgan fingerprint density at radius 3 is 2.44 bits per heavy atom. The van der Waals surface area contributed by atoms with Crippen LogP contribution in [0.4, 0.5) is 0 Å². The predicted octanol–water partition coefficient (Wildman–Crippen LogP) is 1.57. The third-order valence-corrected chi connectivity index (χ3v) is 1.80. The van der Waals surface area contributed by atoms with Crippen molar-refractivity contribution in [2.75, 3.05) is 7.11 Å². The molecule has 0 bridgehead atoms. The summed E-state index contributed by atoms with van der Waals surface area (Å²) in [6.45, 7) is 0. The monoisotopic (exact) mass is 241 g/mol. The lowest BCUT2D eigenvalue weighted by molar-refractivity contribution is -0.132. The van der Waals surface area contributed by atoms with Gasteiger partial charge in [0.25, 0.3) is 5.17 Å². The molecule has 0 heterocycles. The maximum absolute atomic E-state index is 11.3. The molecule has 0 N–H and O–H groups in total. The van der Waals surface area contributed by atoms with Crippen LogP contribution < -0.4 is 0 Å². The molecule has 0 saturated heterocycles.